The molecule has 0 aliphatic carbocycles. The molecule has 3 aromatic rings. The Morgan fingerprint density at radius 2 is 2.04 bits per heavy atom. The number of fused-ring (bicyclic) bond motifs is 1. The zero-order chi connectivity index (χ0) is 18.0. The molecule has 0 fully saturated rings. The van der Waals surface area contributed by atoms with Crippen molar-refractivity contribution in [2.24, 2.45) is 0 Å². The summed E-state index contributed by atoms with van der Waals surface area (Å²) in [4.78, 5) is 21.1. The van der Waals surface area contributed by atoms with Crippen molar-refractivity contribution in [3.8, 4) is 0 Å². The number of pyridine rings is 2. The highest BCUT2D eigenvalue weighted by Crippen LogP contribution is 2.29. The van der Waals surface area contributed by atoms with Crippen LogP contribution in [0.5, 0.6) is 0 Å². The second kappa shape index (κ2) is 6.84. The third kappa shape index (κ3) is 3.74. The van der Waals surface area contributed by atoms with Crippen LogP contribution in [-0.4, -0.2) is 22.0 Å². The summed E-state index contributed by atoms with van der Waals surface area (Å²) in [6.07, 6.45) is 1.17. The number of ether oxygens (including phenoxy) is 1. The van der Waals surface area contributed by atoms with E-state index in [1.54, 1.807) is 26.0 Å². The van der Waals surface area contributed by atoms with Crippen LogP contribution in [-0.2, 0) is 4.74 Å². The number of nitrogens with zero attached hydrogens (tertiary/aromatic N) is 2. The van der Waals surface area contributed by atoms with E-state index in [4.69, 9.17) is 4.74 Å². The van der Waals surface area contributed by atoms with Crippen LogP contribution in [0.2, 0.25) is 0 Å². The highest BCUT2D eigenvalue weighted by Gasteiger charge is 2.19. The Labute approximate surface area is 144 Å². The maximum Gasteiger partial charge on any atom is 0.342 e. The van der Waals surface area contributed by atoms with E-state index in [0.29, 0.717) is 22.4 Å². The number of benzene rings is 1. The first kappa shape index (κ1) is 16.8. The van der Waals surface area contributed by atoms with Crippen LogP contribution in [0.25, 0.3) is 11.0 Å². The van der Waals surface area contributed by atoms with Gasteiger partial charge in [-0.05, 0) is 51.1 Å². The van der Waals surface area contributed by atoms with Gasteiger partial charge in [0.05, 0.1) is 11.8 Å². The van der Waals surface area contributed by atoms with Crippen molar-refractivity contribution in [2.45, 2.75) is 26.9 Å². The first-order valence-corrected chi connectivity index (χ1v) is 7.94. The van der Waals surface area contributed by atoms with Gasteiger partial charge in [0, 0.05) is 23.0 Å². The van der Waals surface area contributed by atoms with Gasteiger partial charge in [-0.2, -0.15) is 0 Å². The lowest BCUT2D eigenvalue weighted by atomic mass is 10.1. The Morgan fingerprint density at radius 1 is 1.24 bits per heavy atom. The molecule has 0 bridgehead atoms. The molecule has 1 N–H and O–H groups in total. The summed E-state index contributed by atoms with van der Waals surface area (Å²) in [5, 5.41) is 3.77. The molecule has 0 radical (unpaired) electrons. The summed E-state index contributed by atoms with van der Waals surface area (Å²) in [6, 6.07) is 9.68. The van der Waals surface area contributed by atoms with Gasteiger partial charge in [-0.3, -0.25) is 0 Å². The monoisotopic (exact) mass is 339 g/mol. The van der Waals surface area contributed by atoms with Crippen LogP contribution in [0.4, 0.5) is 15.8 Å². The molecule has 0 aliphatic rings. The standard InChI is InChI=1S/C19H18FN3O2/c1-11(2)25-19(24)16-10-21-18-15(8-7-12(3)22-18)17(16)23-14-6-4-5-13(20)9-14/h4-11H,1-3H3,(H,21,22,23). The molecule has 3 rings (SSSR count). The number of hydrogen-bond acceptors (Lipinski definition) is 5. The van der Waals surface area contributed by atoms with Crippen LogP contribution in [0.1, 0.15) is 29.9 Å². The van der Waals surface area contributed by atoms with Crippen LogP contribution in [0.3, 0.4) is 0 Å². The molecule has 0 aliphatic heterocycles. The Hall–Kier alpha value is -3.02. The van der Waals surface area contributed by atoms with Crippen molar-refractivity contribution in [2.75, 3.05) is 5.32 Å². The molecule has 0 unspecified atom stereocenters. The van der Waals surface area contributed by atoms with Crippen LogP contribution < -0.4 is 5.32 Å². The molecule has 0 atom stereocenters. The summed E-state index contributed by atoms with van der Waals surface area (Å²) in [7, 11) is 0. The second-order valence-corrected chi connectivity index (χ2v) is 5.96. The number of carbonyl (C=O) groups is 1. The summed E-state index contributed by atoms with van der Waals surface area (Å²) in [6.45, 7) is 5.41. The molecule has 0 saturated heterocycles. The maximum absolute atomic E-state index is 13.5. The number of halogens is 1. The van der Waals surface area contributed by atoms with Gasteiger partial charge in [0.15, 0.2) is 5.65 Å². The fourth-order valence-corrected chi connectivity index (χ4v) is 2.45. The SMILES string of the molecule is Cc1ccc2c(Nc3cccc(F)c3)c(C(=O)OC(C)C)cnc2n1. The quantitative estimate of drug-likeness (QED) is 0.714. The fraction of sp³-hybridized carbons (Fsp3) is 0.211. The smallest absolute Gasteiger partial charge is 0.342 e. The van der Waals surface area contributed by atoms with E-state index in [1.165, 1.54) is 18.3 Å². The van der Waals surface area contributed by atoms with Crippen molar-refractivity contribution >= 4 is 28.4 Å². The molecule has 0 amide bonds. The van der Waals surface area contributed by atoms with E-state index >= 15 is 0 Å². The zero-order valence-corrected chi connectivity index (χ0v) is 14.2. The molecule has 1 aromatic carbocycles. The van der Waals surface area contributed by atoms with Gasteiger partial charge in [-0.15, -0.1) is 0 Å². The summed E-state index contributed by atoms with van der Waals surface area (Å²) < 4.78 is 18.8. The molecule has 0 spiro atoms. The second-order valence-electron chi connectivity index (χ2n) is 5.96. The van der Waals surface area contributed by atoms with Crippen molar-refractivity contribution < 1.29 is 13.9 Å². The molecule has 128 valence electrons. The van der Waals surface area contributed by atoms with Gasteiger partial charge in [0.1, 0.15) is 11.4 Å². The summed E-state index contributed by atoms with van der Waals surface area (Å²) >= 11 is 0. The van der Waals surface area contributed by atoms with E-state index in [9.17, 15) is 9.18 Å². The first-order valence-electron chi connectivity index (χ1n) is 7.94. The van der Waals surface area contributed by atoms with Gasteiger partial charge in [0.25, 0.3) is 0 Å². The van der Waals surface area contributed by atoms with E-state index in [-0.39, 0.29) is 17.5 Å². The zero-order valence-electron chi connectivity index (χ0n) is 14.2. The summed E-state index contributed by atoms with van der Waals surface area (Å²) in [5.74, 6) is -0.868. The molecule has 25 heavy (non-hydrogen) atoms. The minimum Gasteiger partial charge on any atom is -0.459 e. The van der Waals surface area contributed by atoms with Crippen molar-refractivity contribution in [3.63, 3.8) is 0 Å². The molecular weight excluding hydrogens is 321 g/mol. The predicted octanol–water partition coefficient (Wildman–Crippen LogP) is 4.39. The Morgan fingerprint density at radius 3 is 2.76 bits per heavy atom. The number of aromatic nitrogens is 2. The van der Waals surface area contributed by atoms with Gasteiger partial charge < -0.3 is 10.1 Å². The highest BCUT2D eigenvalue weighted by atomic mass is 19.1. The van der Waals surface area contributed by atoms with Gasteiger partial charge >= 0.3 is 5.97 Å². The lowest BCUT2D eigenvalue weighted by molar-refractivity contribution is 0.0379. The third-order valence-corrected chi connectivity index (χ3v) is 3.53. The number of hydrogen-bond donors (Lipinski definition) is 1. The Balaban J connectivity index is 2.14. The van der Waals surface area contributed by atoms with Crippen molar-refractivity contribution in [3.05, 3.63) is 59.7 Å². The van der Waals surface area contributed by atoms with E-state index in [1.807, 2.05) is 19.1 Å². The Kier molecular flexibility index (Phi) is 4.61. The fourth-order valence-electron chi connectivity index (χ4n) is 2.45. The van der Waals surface area contributed by atoms with Crippen molar-refractivity contribution in [1.82, 2.24) is 9.97 Å². The number of aryl methyl sites for hydroxylation is 1. The van der Waals surface area contributed by atoms with Gasteiger partial charge in [-0.25, -0.2) is 19.2 Å². The molecule has 6 heteroatoms. The molecule has 2 heterocycles. The largest absolute Gasteiger partial charge is 0.459 e. The maximum atomic E-state index is 13.5. The lowest BCUT2D eigenvalue weighted by Gasteiger charge is -2.15. The molecule has 5 nitrogen and oxygen atoms in total. The topological polar surface area (TPSA) is 64.1 Å². The molecular formula is C19H18FN3O2. The van der Waals surface area contributed by atoms with E-state index in [0.717, 1.165) is 5.69 Å². The third-order valence-electron chi connectivity index (χ3n) is 3.53. The van der Waals surface area contributed by atoms with E-state index < -0.39 is 5.97 Å². The highest BCUT2D eigenvalue weighted by molar-refractivity contribution is 6.05. The number of esters is 1. The normalized spacial score (nSPS) is 10.9. The average molecular weight is 339 g/mol. The number of rotatable bonds is 4. The van der Waals surface area contributed by atoms with Gasteiger partial charge in [-0.1, -0.05) is 6.07 Å². The predicted molar refractivity (Wildman–Crippen MR) is 94.5 cm³/mol. The average Bonchev–Trinajstić information content (AvgIpc) is 2.54. The number of nitrogens with one attached hydrogen (secondary N) is 1. The van der Waals surface area contributed by atoms with Crippen LogP contribution in [0.15, 0.2) is 42.6 Å². The first-order chi connectivity index (χ1) is 11.9. The molecule has 2 aromatic heterocycles. The minimum atomic E-state index is -0.496. The minimum absolute atomic E-state index is 0.263. The Bertz CT molecular complexity index is 941. The summed E-state index contributed by atoms with van der Waals surface area (Å²) in [5.41, 5.74) is 2.60. The van der Waals surface area contributed by atoms with Crippen LogP contribution >= 0.6 is 0 Å². The van der Waals surface area contributed by atoms with Crippen molar-refractivity contribution in [1.29, 1.82) is 0 Å². The van der Waals surface area contributed by atoms with Crippen LogP contribution in [0, 0.1) is 12.7 Å². The number of carbonyl (C=O) groups excluding carboxylic acids is 1. The van der Waals surface area contributed by atoms with Gasteiger partial charge in [0.2, 0.25) is 0 Å². The molecule has 0 saturated carbocycles. The van der Waals surface area contributed by atoms with E-state index in [2.05, 4.69) is 15.3 Å². The number of anilines is 2. The lowest BCUT2D eigenvalue weighted by Crippen LogP contribution is -2.14.